The van der Waals surface area contributed by atoms with Crippen LogP contribution < -0.4 is 0 Å². The van der Waals surface area contributed by atoms with Crippen LogP contribution in [-0.2, 0) is 0 Å². The molecule has 21 heavy (non-hydrogen) atoms. The first-order chi connectivity index (χ1) is 9.39. The smallest absolute Gasteiger partial charge is 0.110 e. The SMILES string of the molecule is CC(C)C1=C2CCCN2C(C(C)(C)C)=NC1(C)C(C)(C)C. The maximum absolute atomic E-state index is 5.39. The predicted molar refractivity (Wildman–Crippen MR) is 92.6 cm³/mol. The van der Waals surface area contributed by atoms with E-state index in [4.69, 9.17) is 4.99 Å². The summed E-state index contributed by atoms with van der Waals surface area (Å²) in [5.41, 5.74) is 3.28. The maximum Gasteiger partial charge on any atom is 0.110 e. The molecule has 0 saturated carbocycles. The summed E-state index contributed by atoms with van der Waals surface area (Å²) >= 11 is 0. The fourth-order valence-corrected chi connectivity index (χ4v) is 3.84. The van der Waals surface area contributed by atoms with Gasteiger partial charge >= 0.3 is 0 Å². The number of amidine groups is 1. The third kappa shape index (κ3) is 2.55. The molecule has 0 aliphatic carbocycles. The lowest BCUT2D eigenvalue weighted by Gasteiger charge is -2.50. The van der Waals surface area contributed by atoms with Crippen molar-refractivity contribution >= 4 is 5.84 Å². The van der Waals surface area contributed by atoms with E-state index in [1.54, 1.807) is 11.3 Å². The average Bonchev–Trinajstić information content (AvgIpc) is 2.72. The van der Waals surface area contributed by atoms with E-state index in [9.17, 15) is 0 Å². The molecule has 1 fully saturated rings. The number of hydrogen-bond donors (Lipinski definition) is 0. The Balaban J connectivity index is 2.71. The van der Waals surface area contributed by atoms with E-state index < -0.39 is 0 Å². The van der Waals surface area contributed by atoms with E-state index in [0.717, 1.165) is 6.54 Å². The van der Waals surface area contributed by atoms with Gasteiger partial charge in [0.25, 0.3) is 0 Å². The van der Waals surface area contributed by atoms with Gasteiger partial charge in [0.15, 0.2) is 0 Å². The van der Waals surface area contributed by atoms with Gasteiger partial charge in [-0.25, -0.2) is 0 Å². The van der Waals surface area contributed by atoms with Crippen LogP contribution in [0.2, 0.25) is 0 Å². The number of rotatable bonds is 1. The molecule has 2 heterocycles. The molecule has 2 aliphatic rings. The quantitative estimate of drug-likeness (QED) is 0.643. The van der Waals surface area contributed by atoms with Gasteiger partial charge in [-0.05, 0) is 36.7 Å². The molecule has 0 spiro atoms. The highest BCUT2D eigenvalue weighted by molar-refractivity contribution is 5.91. The van der Waals surface area contributed by atoms with E-state index >= 15 is 0 Å². The van der Waals surface area contributed by atoms with Crippen LogP contribution in [-0.4, -0.2) is 22.8 Å². The summed E-state index contributed by atoms with van der Waals surface area (Å²) in [4.78, 5) is 7.92. The summed E-state index contributed by atoms with van der Waals surface area (Å²) in [6.07, 6.45) is 2.48. The van der Waals surface area contributed by atoms with E-state index in [1.165, 1.54) is 18.7 Å². The van der Waals surface area contributed by atoms with Gasteiger partial charge in [0.05, 0.1) is 5.54 Å². The molecule has 120 valence electrons. The third-order valence-electron chi connectivity index (χ3n) is 5.25. The van der Waals surface area contributed by atoms with E-state index in [0.29, 0.717) is 5.92 Å². The van der Waals surface area contributed by atoms with Gasteiger partial charge in [0.1, 0.15) is 5.84 Å². The van der Waals surface area contributed by atoms with Crippen LogP contribution in [0.3, 0.4) is 0 Å². The number of fused-ring (bicyclic) bond motifs is 1. The topological polar surface area (TPSA) is 15.6 Å². The van der Waals surface area contributed by atoms with Crippen LogP contribution in [0.1, 0.15) is 75.2 Å². The van der Waals surface area contributed by atoms with Gasteiger partial charge in [-0.3, -0.25) is 4.99 Å². The Labute approximate surface area is 131 Å². The molecular formula is C19H34N2. The number of hydrogen-bond acceptors (Lipinski definition) is 2. The maximum atomic E-state index is 5.39. The Morgan fingerprint density at radius 1 is 1.10 bits per heavy atom. The summed E-state index contributed by atoms with van der Waals surface area (Å²) < 4.78 is 0. The van der Waals surface area contributed by atoms with Crippen molar-refractivity contribution < 1.29 is 0 Å². The monoisotopic (exact) mass is 290 g/mol. The zero-order valence-corrected chi connectivity index (χ0v) is 15.6. The molecule has 1 unspecified atom stereocenters. The molecule has 1 atom stereocenters. The highest BCUT2D eigenvalue weighted by atomic mass is 15.3. The Hall–Kier alpha value is -0.790. The summed E-state index contributed by atoms with van der Waals surface area (Å²) in [5, 5.41) is 0. The summed E-state index contributed by atoms with van der Waals surface area (Å²) in [5.74, 6) is 1.84. The van der Waals surface area contributed by atoms with Gasteiger partial charge in [-0.15, -0.1) is 0 Å². The molecular weight excluding hydrogens is 256 g/mol. The van der Waals surface area contributed by atoms with Crippen LogP contribution in [0.15, 0.2) is 16.3 Å². The second-order valence-electron chi connectivity index (χ2n) is 9.28. The van der Waals surface area contributed by atoms with Gasteiger partial charge < -0.3 is 4.90 Å². The van der Waals surface area contributed by atoms with E-state index in [-0.39, 0.29) is 16.4 Å². The van der Waals surface area contributed by atoms with Crippen molar-refractivity contribution in [2.45, 2.75) is 80.7 Å². The zero-order chi connectivity index (χ0) is 16.2. The molecule has 2 nitrogen and oxygen atoms in total. The summed E-state index contributed by atoms with van der Waals surface area (Å²) in [6.45, 7) is 22.1. The number of allylic oxidation sites excluding steroid dienone is 1. The zero-order valence-electron chi connectivity index (χ0n) is 15.6. The predicted octanol–water partition coefficient (Wildman–Crippen LogP) is 5.26. The van der Waals surface area contributed by atoms with Gasteiger partial charge in [0.2, 0.25) is 0 Å². The Kier molecular flexibility index (Phi) is 3.84. The molecule has 0 bridgehead atoms. The average molecular weight is 290 g/mol. The molecule has 2 heteroatoms. The van der Waals surface area contributed by atoms with Crippen molar-refractivity contribution in [1.29, 1.82) is 0 Å². The molecule has 1 saturated heterocycles. The fourth-order valence-electron chi connectivity index (χ4n) is 3.84. The van der Waals surface area contributed by atoms with Crippen molar-refractivity contribution in [3.05, 3.63) is 11.3 Å². The first kappa shape index (κ1) is 16.6. The first-order valence-electron chi connectivity index (χ1n) is 8.51. The lowest BCUT2D eigenvalue weighted by atomic mass is 9.66. The normalized spacial score (nSPS) is 27.3. The molecule has 0 amide bonds. The van der Waals surface area contributed by atoms with Crippen LogP contribution >= 0.6 is 0 Å². The molecule has 0 aromatic carbocycles. The minimum atomic E-state index is -0.0973. The molecule has 0 N–H and O–H groups in total. The van der Waals surface area contributed by atoms with Crippen molar-refractivity contribution in [2.75, 3.05) is 6.54 Å². The van der Waals surface area contributed by atoms with Gasteiger partial charge in [-0.1, -0.05) is 55.4 Å². The fraction of sp³-hybridized carbons (Fsp3) is 0.842. The van der Waals surface area contributed by atoms with Crippen molar-refractivity contribution in [2.24, 2.45) is 21.7 Å². The molecule has 2 aliphatic heterocycles. The Bertz CT molecular complexity index is 483. The Morgan fingerprint density at radius 3 is 2.10 bits per heavy atom. The second kappa shape index (κ2) is 4.86. The second-order valence-corrected chi connectivity index (χ2v) is 9.28. The van der Waals surface area contributed by atoms with Crippen LogP contribution in [0.25, 0.3) is 0 Å². The third-order valence-corrected chi connectivity index (χ3v) is 5.25. The number of aliphatic imine (C=N–C) groups is 1. The Morgan fingerprint density at radius 2 is 1.67 bits per heavy atom. The lowest BCUT2D eigenvalue weighted by Crippen LogP contribution is -2.51. The standard InChI is InChI=1S/C19H34N2/c1-13(2)15-14-11-10-12-21(14)16(17(3,4)5)20-19(15,9)18(6,7)8/h13H,10-12H2,1-9H3. The highest BCUT2D eigenvalue weighted by Crippen LogP contribution is 2.50. The minimum Gasteiger partial charge on any atom is -0.333 e. The van der Waals surface area contributed by atoms with E-state index in [1.807, 2.05) is 0 Å². The molecule has 2 rings (SSSR count). The van der Waals surface area contributed by atoms with Crippen molar-refractivity contribution in [3.63, 3.8) is 0 Å². The van der Waals surface area contributed by atoms with Crippen molar-refractivity contribution in [1.82, 2.24) is 4.90 Å². The molecule has 0 aromatic rings. The van der Waals surface area contributed by atoms with Crippen LogP contribution in [0.5, 0.6) is 0 Å². The lowest BCUT2D eigenvalue weighted by molar-refractivity contribution is 0.218. The summed E-state index contributed by atoms with van der Waals surface area (Å²) in [7, 11) is 0. The first-order valence-corrected chi connectivity index (χ1v) is 8.51. The highest BCUT2D eigenvalue weighted by Gasteiger charge is 2.49. The van der Waals surface area contributed by atoms with E-state index in [2.05, 4.69) is 67.2 Å². The van der Waals surface area contributed by atoms with Gasteiger partial charge in [-0.2, -0.15) is 0 Å². The van der Waals surface area contributed by atoms with Gasteiger partial charge in [0, 0.05) is 17.7 Å². The summed E-state index contributed by atoms with van der Waals surface area (Å²) in [6, 6.07) is 0. The largest absolute Gasteiger partial charge is 0.333 e. The molecule has 0 radical (unpaired) electrons. The van der Waals surface area contributed by atoms with Crippen LogP contribution in [0.4, 0.5) is 0 Å². The molecule has 0 aromatic heterocycles. The number of nitrogens with zero attached hydrogens (tertiary/aromatic N) is 2. The van der Waals surface area contributed by atoms with Crippen LogP contribution in [0, 0.1) is 16.7 Å². The van der Waals surface area contributed by atoms with Crippen molar-refractivity contribution in [3.8, 4) is 0 Å². The minimum absolute atomic E-state index is 0.0973.